The number of rotatable bonds is 2. The summed E-state index contributed by atoms with van der Waals surface area (Å²) in [5, 5.41) is 3.04. The molecule has 0 amide bonds. The fourth-order valence-electron chi connectivity index (χ4n) is 0.963. The van der Waals surface area contributed by atoms with Crippen molar-refractivity contribution >= 4 is 11.5 Å². The van der Waals surface area contributed by atoms with Gasteiger partial charge < -0.3 is 11.1 Å². The van der Waals surface area contributed by atoms with E-state index < -0.39 is 0 Å². The molecule has 0 aliphatic rings. The van der Waals surface area contributed by atoms with Gasteiger partial charge in [-0.1, -0.05) is 12.1 Å². The summed E-state index contributed by atoms with van der Waals surface area (Å²) in [6.07, 6.45) is 0. The van der Waals surface area contributed by atoms with E-state index in [1.165, 1.54) is 0 Å². The van der Waals surface area contributed by atoms with Gasteiger partial charge in [-0.3, -0.25) is 4.99 Å². The maximum absolute atomic E-state index is 5.64. The molecule has 0 aromatic heterocycles. The maximum Gasteiger partial charge on any atom is 0.125 e. The number of nitrogens with zero attached hydrogens (tertiary/aromatic N) is 1. The molecule has 0 radical (unpaired) electrons. The number of amidine groups is 1. The number of hydrogen-bond acceptors (Lipinski definition) is 2. The molecular formula is C9H13N3. The highest BCUT2D eigenvalue weighted by atomic mass is 14.8. The molecule has 0 saturated carbocycles. The molecule has 0 atom stereocenters. The van der Waals surface area contributed by atoms with Crippen LogP contribution in [0.15, 0.2) is 29.3 Å². The second kappa shape index (κ2) is 3.76. The van der Waals surface area contributed by atoms with Crippen LogP contribution in [0.4, 0.5) is 5.69 Å². The highest BCUT2D eigenvalue weighted by Crippen LogP contribution is 2.08. The van der Waals surface area contributed by atoms with E-state index >= 15 is 0 Å². The van der Waals surface area contributed by atoms with Gasteiger partial charge in [-0.15, -0.1) is 0 Å². The Kier molecular flexibility index (Phi) is 2.69. The first-order valence-electron chi connectivity index (χ1n) is 3.78. The van der Waals surface area contributed by atoms with Crippen LogP contribution in [0.3, 0.4) is 0 Å². The molecule has 0 fully saturated rings. The molecule has 3 nitrogen and oxygen atoms in total. The van der Waals surface area contributed by atoms with Crippen molar-refractivity contribution in [3.05, 3.63) is 29.8 Å². The van der Waals surface area contributed by atoms with Crippen LogP contribution >= 0.6 is 0 Å². The van der Waals surface area contributed by atoms with Gasteiger partial charge in [0, 0.05) is 25.3 Å². The summed E-state index contributed by atoms with van der Waals surface area (Å²) in [6, 6.07) is 7.82. The summed E-state index contributed by atoms with van der Waals surface area (Å²) in [5.74, 6) is 0.562. The predicted octanol–water partition coefficient (Wildman–Crippen LogP) is 1.06. The Morgan fingerprint density at radius 3 is 2.83 bits per heavy atom. The quantitative estimate of drug-likeness (QED) is 0.506. The Labute approximate surface area is 72.3 Å². The molecule has 0 bridgehead atoms. The summed E-state index contributed by atoms with van der Waals surface area (Å²) in [7, 11) is 3.56. The Bertz CT molecular complexity index is 292. The number of benzene rings is 1. The zero-order valence-corrected chi connectivity index (χ0v) is 7.33. The second-order valence-corrected chi connectivity index (χ2v) is 2.44. The summed E-state index contributed by atoms with van der Waals surface area (Å²) < 4.78 is 0. The molecule has 0 spiro atoms. The minimum atomic E-state index is 0.562. The van der Waals surface area contributed by atoms with Gasteiger partial charge in [-0.2, -0.15) is 0 Å². The van der Waals surface area contributed by atoms with Crippen molar-refractivity contribution < 1.29 is 0 Å². The van der Waals surface area contributed by atoms with Crippen LogP contribution in [0, 0.1) is 0 Å². The summed E-state index contributed by atoms with van der Waals surface area (Å²) in [6.45, 7) is 0. The van der Waals surface area contributed by atoms with Crippen LogP contribution in [0.25, 0.3) is 0 Å². The van der Waals surface area contributed by atoms with Gasteiger partial charge >= 0.3 is 0 Å². The second-order valence-electron chi connectivity index (χ2n) is 2.44. The van der Waals surface area contributed by atoms with Crippen molar-refractivity contribution in [1.82, 2.24) is 0 Å². The highest BCUT2D eigenvalue weighted by molar-refractivity contribution is 5.98. The van der Waals surface area contributed by atoms with Crippen molar-refractivity contribution in [1.29, 1.82) is 0 Å². The van der Waals surface area contributed by atoms with Crippen molar-refractivity contribution in [3.8, 4) is 0 Å². The third-order valence-electron chi connectivity index (χ3n) is 1.69. The minimum absolute atomic E-state index is 0.562. The monoisotopic (exact) mass is 163 g/mol. The summed E-state index contributed by atoms with van der Waals surface area (Å²) >= 11 is 0. The number of aliphatic imine (C=N–C) groups is 1. The normalized spacial score (nSPS) is 11.3. The molecule has 12 heavy (non-hydrogen) atoms. The number of nitrogens with one attached hydrogen (secondary N) is 1. The van der Waals surface area contributed by atoms with Crippen LogP contribution in [0.1, 0.15) is 5.56 Å². The van der Waals surface area contributed by atoms with Crippen LogP contribution in [0.5, 0.6) is 0 Å². The number of hydrogen-bond donors (Lipinski definition) is 2. The largest absolute Gasteiger partial charge is 0.388 e. The van der Waals surface area contributed by atoms with Crippen molar-refractivity contribution in [2.45, 2.75) is 0 Å². The molecule has 1 aromatic carbocycles. The fraction of sp³-hybridized carbons (Fsp3) is 0.222. The van der Waals surface area contributed by atoms with E-state index in [4.69, 9.17) is 5.73 Å². The molecule has 1 aromatic rings. The average Bonchev–Trinajstić information content (AvgIpc) is 2.17. The molecule has 0 aliphatic heterocycles. The van der Waals surface area contributed by atoms with E-state index in [0.717, 1.165) is 11.3 Å². The highest BCUT2D eigenvalue weighted by Gasteiger charge is 1.96. The third-order valence-corrected chi connectivity index (χ3v) is 1.69. The van der Waals surface area contributed by atoms with Gasteiger partial charge in [0.1, 0.15) is 5.84 Å². The van der Waals surface area contributed by atoms with Crippen molar-refractivity contribution in [3.63, 3.8) is 0 Å². The van der Waals surface area contributed by atoms with Gasteiger partial charge in [-0.05, 0) is 12.1 Å². The molecule has 1 rings (SSSR count). The van der Waals surface area contributed by atoms with Crippen molar-refractivity contribution in [2.75, 3.05) is 19.4 Å². The molecule has 0 saturated heterocycles. The summed E-state index contributed by atoms with van der Waals surface area (Å²) in [5.41, 5.74) is 7.63. The minimum Gasteiger partial charge on any atom is -0.388 e. The van der Waals surface area contributed by atoms with Crippen molar-refractivity contribution in [2.24, 2.45) is 10.7 Å². The topological polar surface area (TPSA) is 50.4 Å². The van der Waals surface area contributed by atoms with Gasteiger partial charge in [0.05, 0.1) is 0 Å². The number of anilines is 1. The lowest BCUT2D eigenvalue weighted by Gasteiger charge is -2.02. The fourth-order valence-corrected chi connectivity index (χ4v) is 0.963. The molecule has 0 aliphatic carbocycles. The average molecular weight is 163 g/mol. The molecule has 0 heterocycles. The Morgan fingerprint density at radius 2 is 2.25 bits per heavy atom. The van der Waals surface area contributed by atoms with Gasteiger partial charge in [0.25, 0.3) is 0 Å². The zero-order chi connectivity index (χ0) is 8.97. The smallest absolute Gasteiger partial charge is 0.125 e. The van der Waals surface area contributed by atoms with Crippen LogP contribution in [-0.4, -0.2) is 19.9 Å². The zero-order valence-electron chi connectivity index (χ0n) is 7.33. The Morgan fingerprint density at radius 1 is 1.50 bits per heavy atom. The molecule has 0 unspecified atom stereocenters. The van der Waals surface area contributed by atoms with Gasteiger partial charge in [0.2, 0.25) is 0 Å². The lowest BCUT2D eigenvalue weighted by Crippen LogP contribution is -2.12. The first-order valence-corrected chi connectivity index (χ1v) is 3.78. The van der Waals surface area contributed by atoms with E-state index in [1.54, 1.807) is 7.05 Å². The lowest BCUT2D eigenvalue weighted by molar-refractivity contribution is 1.38. The molecule has 3 heteroatoms. The van der Waals surface area contributed by atoms with Crippen LogP contribution in [-0.2, 0) is 0 Å². The van der Waals surface area contributed by atoms with Gasteiger partial charge in [0.15, 0.2) is 0 Å². The SMILES string of the molecule is CN=C(N)c1cccc(NC)c1. The molecule has 3 N–H and O–H groups in total. The van der Waals surface area contributed by atoms with Crippen LogP contribution < -0.4 is 11.1 Å². The van der Waals surface area contributed by atoms with E-state index in [0.29, 0.717) is 5.84 Å². The maximum atomic E-state index is 5.64. The first-order chi connectivity index (χ1) is 5.77. The Hall–Kier alpha value is -1.51. The standard InChI is InChI=1S/C9H13N3/c1-11-8-5-3-4-7(6-8)9(10)12-2/h3-6,11H,1-2H3,(H2,10,12). The predicted molar refractivity (Wildman–Crippen MR) is 52.6 cm³/mol. The van der Waals surface area contributed by atoms with Gasteiger partial charge in [-0.25, -0.2) is 0 Å². The number of nitrogens with two attached hydrogens (primary N) is 1. The van der Waals surface area contributed by atoms with E-state index in [9.17, 15) is 0 Å². The Balaban J connectivity index is 3.02. The van der Waals surface area contributed by atoms with E-state index in [1.807, 2.05) is 31.3 Å². The molecular weight excluding hydrogens is 150 g/mol. The third kappa shape index (κ3) is 1.75. The summed E-state index contributed by atoms with van der Waals surface area (Å²) in [4.78, 5) is 3.90. The first kappa shape index (κ1) is 8.59. The van der Waals surface area contributed by atoms with Crippen LogP contribution in [0.2, 0.25) is 0 Å². The van der Waals surface area contributed by atoms with E-state index in [-0.39, 0.29) is 0 Å². The van der Waals surface area contributed by atoms with E-state index in [2.05, 4.69) is 10.3 Å². The molecule has 64 valence electrons. The lowest BCUT2D eigenvalue weighted by atomic mass is 10.2.